The Morgan fingerprint density at radius 3 is 2.94 bits per heavy atom. The molecule has 1 unspecified atom stereocenters. The Balaban J connectivity index is 2.30. The van der Waals surface area contributed by atoms with Gasteiger partial charge in [-0.2, -0.15) is 10.2 Å². The van der Waals surface area contributed by atoms with Crippen molar-refractivity contribution >= 4 is 22.5 Å². The zero-order chi connectivity index (χ0) is 11.4. The largest absolute Gasteiger partial charge is 0.158 e. The van der Waals surface area contributed by atoms with Crippen molar-refractivity contribution < 1.29 is 0 Å². The maximum Gasteiger partial charge on any atom is 0.0932 e. The van der Waals surface area contributed by atoms with E-state index in [1.165, 1.54) is 10.9 Å². The van der Waals surface area contributed by atoms with Gasteiger partial charge >= 0.3 is 0 Å². The van der Waals surface area contributed by atoms with Crippen LogP contribution in [0.15, 0.2) is 30.5 Å². The lowest BCUT2D eigenvalue weighted by molar-refractivity contribution is 0.726. The maximum atomic E-state index is 6.27. The fraction of sp³-hybridized carbons (Fsp3) is 0.385. The lowest BCUT2D eigenvalue weighted by Gasteiger charge is -2.09. The van der Waals surface area contributed by atoms with Crippen molar-refractivity contribution in [1.29, 1.82) is 0 Å². The third-order valence-corrected chi connectivity index (χ3v) is 3.04. The summed E-state index contributed by atoms with van der Waals surface area (Å²) in [6.07, 6.45) is 4.85. The van der Waals surface area contributed by atoms with Gasteiger partial charge < -0.3 is 0 Å². The molecule has 1 aromatic carbocycles. The van der Waals surface area contributed by atoms with E-state index in [9.17, 15) is 0 Å². The zero-order valence-electron chi connectivity index (χ0n) is 9.36. The van der Waals surface area contributed by atoms with E-state index in [-0.39, 0.29) is 5.38 Å². The molecule has 0 aliphatic rings. The van der Waals surface area contributed by atoms with E-state index in [4.69, 9.17) is 11.6 Å². The normalized spacial score (nSPS) is 12.9. The molecule has 0 spiro atoms. The Morgan fingerprint density at radius 1 is 1.31 bits per heavy atom. The van der Waals surface area contributed by atoms with Gasteiger partial charge in [-0.15, -0.1) is 11.6 Å². The van der Waals surface area contributed by atoms with Crippen LogP contribution in [-0.4, -0.2) is 15.6 Å². The highest BCUT2D eigenvalue weighted by atomic mass is 35.5. The van der Waals surface area contributed by atoms with Crippen molar-refractivity contribution in [3.8, 4) is 0 Å². The molecule has 0 saturated carbocycles. The summed E-state index contributed by atoms with van der Waals surface area (Å²) in [6.45, 7) is 2.15. The minimum Gasteiger partial charge on any atom is -0.158 e. The molecular formula is C13H15ClN2. The summed E-state index contributed by atoms with van der Waals surface area (Å²) in [5.74, 6) is 0. The summed E-state index contributed by atoms with van der Waals surface area (Å²) < 4.78 is 0. The summed E-state index contributed by atoms with van der Waals surface area (Å²) in [6, 6.07) is 8.06. The Bertz CT molecular complexity index is 465. The molecule has 3 heteroatoms. The molecule has 0 fully saturated rings. The van der Waals surface area contributed by atoms with E-state index in [1.54, 1.807) is 0 Å². The summed E-state index contributed by atoms with van der Waals surface area (Å²) in [4.78, 5) is 0. The predicted molar refractivity (Wildman–Crippen MR) is 67.8 cm³/mol. The molecule has 1 aromatic heterocycles. The van der Waals surface area contributed by atoms with E-state index in [2.05, 4.69) is 23.2 Å². The van der Waals surface area contributed by atoms with E-state index in [0.29, 0.717) is 0 Å². The summed E-state index contributed by atoms with van der Waals surface area (Å²) >= 11 is 6.27. The Morgan fingerprint density at radius 2 is 2.12 bits per heavy atom. The molecule has 0 aliphatic heterocycles. The van der Waals surface area contributed by atoms with Crippen LogP contribution >= 0.6 is 11.6 Å². The van der Waals surface area contributed by atoms with Crippen molar-refractivity contribution in [1.82, 2.24) is 10.2 Å². The number of benzene rings is 1. The molecule has 84 valence electrons. The Labute approximate surface area is 101 Å². The average Bonchev–Trinajstić information content (AvgIpc) is 2.30. The molecule has 2 aromatic rings. The molecule has 0 bridgehead atoms. The summed E-state index contributed by atoms with van der Waals surface area (Å²) in [7, 11) is 0. The third-order valence-electron chi connectivity index (χ3n) is 2.67. The van der Waals surface area contributed by atoms with Crippen LogP contribution < -0.4 is 0 Å². The van der Waals surface area contributed by atoms with Crippen molar-refractivity contribution in [3.63, 3.8) is 0 Å². The van der Waals surface area contributed by atoms with E-state index < -0.39 is 0 Å². The Hall–Kier alpha value is -1.15. The second-order valence-corrected chi connectivity index (χ2v) is 4.59. The van der Waals surface area contributed by atoms with Gasteiger partial charge in [0.25, 0.3) is 0 Å². The highest BCUT2D eigenvalue weighted by Crippen LogP contribution is 2.19. The Kier molecular flexibility index (Phi) is 3.73. The number of hydrogen-bond acceptors (Lipinski definition) is 2. The quantitative estimate of drug-likeness (QED) is 0.756. The average molecular weight is 235 g/mol. The lowest BCUT2D eigenvalue weighted by Crippen LogP contribution is -2.04. The SMILES string of the molecule is CCCC(Cl)Cc1cnnc2ccccc12. The number of halogens is 1. The maximum absolute atomic E-state index is 6.27. The van der Waals surface area contributed by atoms with Crippen LogP contribution in [0.1, 0.15) is 25.3 Å². The number of alkyl halides is 1. The first-order valence-corrected chi connectivity index (χ1v) is 6.08. The standard InChI is InChI=1S/C13H15ClN2/c1-2-5-11(14)8-10-9-15-16-13-7-4-3-6-12(10)13/h3-4,6-7,9,11H,2,5,8H2,1H3. The molecular weight excluding hydrogens is 220 g/mol. The van der Waals surface area contributed by atoms with Gasteiger partial charge in [-0.05, 0) is 24.5 Å². The van der Waals surface area contributed by atoms with Gasteiger partial charge in [0.1, 0.15) is 0 Å². The van der Waals surface area contributed by atoms with Gasteiger partial charge in [-0.1, -0.05) is 31.5 Å². The van der Waals surface area contributed by atoms with E-state index in [1.807, 2.05) is 24.4 Å². The number of rotatable bonds is 4. The molecule has 0 N–H and O–H groups in total. The molecule has 2 rings (SSSR count). The van der Waals surface area contributed by atoms with Gasteiger partial charge in [0, 0.05) is 10.8 Å². The molecule has 1 atom stereocenters. The van der Waals surface area contributed by atoms with Crippen molar-refractivity contribution in [2.75, 3.05) is 0 Å². The highest BCUT2D eigenvalue weighted by Gasteiger charge is 2.08. The molecule has 0 radical (unpaired) electrons. The van der Waals surface area contributed by atoms with Crippen LogP contribution in [0.3, 0.4) is 0 Å². The van der Waals surface area contributed by atoms with Crippen LogP contribution in [0.2, 0.25) is 0 Å². The predicted octanol–water partition coefficient (Wildman–Crippen LogP) is 3.58. The van der Waals surface area contributed by atoms with Crippen LogP contribution in [0, 0.1) is 0 Å². The lowest BCUT2D eigenvalue weighted by atomic mass is 10.0. The minimum absolute atomic E-state index is 0.192. The number of aromatic nitrogens is 2. The summed E-state index contributed by atoms with van der Waals surface area (Å²) in [5, 5.41) is 9.48. The number of fused-ring (bicyclic) bond motifs is 1. The second-order valence-electron chi connectivity index (χ2n) is 3.98. The van der Waals surface area contributed by atoms with Gasteiger partial charge in [0.2, 0.25) is 0 Å². The van der Waals surface area contributed by atoms with Gasteiger partial charge in [0.05, 0.1) is 11.7 Å². The zero-order valence-corrected chi connectivity index (χ0v) is 10.1. The topological polar surface area (TPSA) is 25.8 Å². The highest BCUT2D eigenvalue weighted by molar-refractivity contribution is 6.20. The van der Waals surface area contributed by atoms with Crippen LogP contribution in [0.25, 0.3) is 10.9 Å². The smallest absolute Gasteiger partial charge is 0.0932 e. The summed E-state index contributed by atoms with van der Waals surface area (Å²) in [5.41, 5.74) is 2.14. The van der Waals surface area contributed by atoms with Crippen LogP contribution in [0.5, 0.6) is 0 Å². The van der Waals surface area contributed by atoms with Crippen LogP contribution in [-0.2, 0) is 6.42 Å². The molecule has 2 nitrogen and oxygen atoms in total. The monoisotopic (exact) mass is 234 g/mol. The van der Waals surface area contributed by atoms with Crippen molar-refractivity contribution in [2.24, 2.45) is 0 Å². The van der Waals surface area contributed by atoms with Gasteiger partial charge in [-0.3, -0.25) is 0 Å². The van der Waals surface area contributed by atoms with E-state index in [0.717, 1.165) is 24.8 Å². The fourth-order valence-corrected chi connectivity index (χ4v) is 2.26. The van der Waals surface area contributed by atoms with Crippen molar-refractivity contribution in [3.05, 3.63) is 36.0 Å². The second kappa shape index (κ2) is 5.26. The molecule has 0 saturated heterocycles. The first-order valence-electron chi connectivity index (χ1n) is 5.64. The van der Waals surface area contributed by atoms with Crippen LogP contribution in [0.4, 0.5) is 0 Å². The van der Waals surface area contributed by atoms with Gasteiger partial charge in [-0.25, -0.2) is 0 Å². The first kappa shape index (κ1) is 11.3. The minimum atomic E-state index is 0.192. The third kappa shape index (κ3) is 2.50. The molecule has 1 heterocycles. The number of nitrogens with zero attached hydrogens (tertiary/aromatic N) is 2. The molecule has 0 amide bonds. The first-order chi connectivity index (χ1) is 7.81. The molecule has 0 aliphatic carbocycles. The van der Waals surface area contributed by atoms with E-state index >= 15 is 0 Å². The molecule has 16 heavy (non-hydrogen) atoms. The van der Waals surface area contributed by atoms with Crippen molar-refractivity contribution in [2.45, 2.75) is 31.6 Å². The van der Waals surface area contributed by atoms with Gasteiger partial charge in [0.15, 0.2) is 0 Å². The number of hydrogen-bond donors (Lipinski definition) is 0. The fourth-order valence-electron chi connectivity index (χ4n) is 1.88.